The summed E-state index contributed by atoms with van der Waals surface area (Å²) in [6.07, 6.45) is 1.63. The van der Waals surface area contributed by atoms with Gasteiger partial charge in [-0.25, -0.2) is 4.39 Å². The molecule has 0 bridgehead atoms. The second kappa shape index (κ2) is 7.26. The maximum atomic E-state index is 12.9. The number of hydrogen-bond donors (Lipinski definition) is 2. The van der Waals surface area contributed by atoms with Gasteiger partial charge in [0.25, 0.3) is 0 Å². The molecule has 2 aromatic rings. The van der Waals surface area contributed by atoms with Gasteiger partial charge in [-0.15, -0.1) is 11.8 Å². The average Bonchev–Trinajstić information content (AvgIpc) is 2.84. The SMILES string of the molecule is CC(C)n1ncc(Cl)c1C(CSc1ccc(F)cc1)NN. The monoisotopic (exact) mass is 328 g/mol. The summed E-state index contributed by atoms with van der Waals surface area (Å²) in [4.78, 5) is 0.975. The van der Waals surface area contributed by atoms with Crippen LogP contribution in [0.5, 0.6) is 0 Å². The van der Waals surface area contributed by atoms with Crippen molar-refractivity contribution in [3.63, 3.8) is 0 Å². The molecule has 1 aromatic carbocycles. The number of hydrogen-bond acceptors (Lipinski definition) is 4. The van der Waals surface area contributed by atoms with Crippen molar-refractivity contribution in [1.82, 2.24) is 15.2 Å². The summed E-state index contributed by atoms with van der Waals surface area (Å²) in [5.41, 5.74) is 3.65. The molecule has 1 atom stereocenters. The van der Waals surface area contributed by atoms with Crippen LogP contribution in [0.2, 0.25) is 5.02 Å². The van der Waals surface area contributed by atoms with E-state index < -0.39 is 0 Å². The van der Waals surface area contributed by atoms with Crippen LogP contribution in [-0.2, 0) is 0 Å². The fraction of sp³-hybridized carbons (Fsp3) is 0.357. The van der Waals surface area contributed by atoms with Crippen LogP contribution in [0.25, 0.3) is 0 Å². The van der Waals surface area contributed by atoms with E-state index in [0.717, 1.165) is 10.6 Å². The standard InChI is InChI=1S/C14H18ClFN4S/c1-9(2)20-14(12(15)7-18-20)13(19-17)8-21-11-5-3-10(16)4-6-11/h3-7,9,13,19H,8,17H2,1-2H3. The number of nitrogens with two attached hydrogens (primary N) is 1. The van der Waals surface area contributed by atoms with Gasteiger partial charge in [-0.3, -0.25) is 16.0 Å². The third-order valence-electron chi connectivity index (χ3n) is 3.04. The molecule has 21 heavy (non-hydrogen) atoms. The van der Waals surface area contributed by atoms with E-state index in [4.69, 9.17) is 17.4 Å². The van der Waals surface area contributed by atoms with Crippen molar-refractivity contribution >= 4 is 23.4 Å². The summed E-state index contributed by atoms with van der Waals surface area (Å²) >= 11 is 7.81. The highest BCUT2D eigenvalue weighted by Gasteiger charge is 2.21. The Labute approximate surface area is 132 Å². The Morgan fingerprint density at radius 2 is 2.05 bits per heavy atom. The molecule has 0 saturated carbocycles. The van der Waals surface area contributed by atoms with Gasteiger partial charge in [-0.1, -0.05) is 11.6 Å². The summed E-state index contributed by atoms with van der Waals surface area (Å²) in [5, 5.41) is 4.87. The van der Waals surface area contributed by atoms with Crippen molar-refractivity contribution in [2.75, 3.05) is 5.75 Å². The predicted octanol–water partition coefficient (Wildman–Crippen LogP) is 3.55. The summed E-state index contributed by atoms with van der Waals surface area (Å²) in [6, 6.07) is 6.43. The van der Waals surface area contributed by atoms with Gasteiger partial charge in [0.15, 0.2) is 0 Å². The lowest BCUT2D eigenvalue weighted by Gasteiger charge is -2.20. The van der Waals surface area contributed by atoms with E-state index >= 15 is 0 Å². The van der Waals surface area contributed by atoms with Gasteiger partial charge in [0.1, 0.15) is 5.82 Å². The van der Waals surface area contributed by atoms with E-state index in [2.05, 4.69) is 10.5 Å². The average molecular weight is 329 g/mol. The molecule has 1 heterocycles. The Balaban J connectivity index is 2.13. The van der Waals surface area contributed by atoms with Crippen LogP contribution in [0.3, 0.4) is 0 Å². The molecule has 7 heteroatoms. The van der Waals surface area contributed by atoms with E-state index in [9.17, 15) is 4.39 Å². The number of benzene rings is 1. The number of nitrogens with one attached hydrogen (secondary N) is 1. The molecule has 0 saturated heterocycles. The topological polar surface area (TPSA) is 55.9 Å². The highest BCUT2D eigenvalue weighted by molar-refractivity contribution is 7.99. The number of aromatic nitrogens is 2. The molecule has 0 spiro atoms. The Bertz CT molecular complexity index is 585. The minimum Gasteiger partial charge on any atom is -0.271 e. The lowest BCUT2D eigenvalue weighted by molar-refractivity contribution is 0.468. The van der Waals surface area contributed by atoms with Crippen LogP contribution in [0.4, 0.5) is 4.39 Å². The van der Waals surface area contributed by atoms with Crippen LogP contribution in [-0.4, -0.2) is 15.5 Å². The third kappa shape index (κ3) is 3.97. The fourth-order valence-corrected chi connectivity index (χ4v) is 3.21. The van der Waals surface area contributed by atoms with E-state index in [0.29, 0.717) is 10.8 Å². The van der Waals surface area contributed by atoms with Crippen LogP contribution >= 0.6 is 23.4 Å². The number of hydrazine groups is 1. The molecule has 4 nitrogen and oxygen atoms in total. The fourth-order valence-electron chi connectivity index (χ4n) is 2.00. The van der Waals surface area contributed by atoms with Crippen LogP contribution in [0.1, 0.15) is 31.6 Å². The third-order valence-corrected chi connectivity index (χ3v) is 4.43. The molecule has 114 valence electrons. The van der Waals surface area contributed by atoms with Crippen LogP contribution in [0, 0.1) is 5.82 Å². The number of rotatable bonds is 6. The van der Waals surface area contributed by atoms with Gasteiger partial charge in [0.05, 0.1) is 23.0 Å². The quantitative estimate of drug-likeness (QED) is 0.483. The zero-order chi connectivity index (χ0) is 15.4. The first kappa shape index (κ1) is 16.3. The maximum Gasteiger partial charge on any atom is 0.123 e. The van der Waals surface area contributed by atoms with Crippen LogP contribution in [0.15, 0.2) is 35.4 Å². The Morgan fingerprint density at radius 1 is 1.38 bits per heavy atom. The second-order valence-electron chi connectivity index (χ2n) is 4.90. The van der Waals surface area contributed by atoms with Crippen LogP contribution < -0.4 is 11.3 Å². The van der Waals surface area contributed by atoms with E-state index in [1.165, 1.54) is 12.1 Å². The Morgan fingerprint density at radius 3 is 2.62 bits per heavy atom. The molecule has 0 amide bonds. The van der Waals surface area contributed by atoms with E-state index in [1.54, 1.807) is 30.1 Å². The van der Waals surface area contributed by atoms with Crippen molar-refractivity contribution in [2.24, 2.45) is 5.84 Å². The summed E-state index contributed by atoms with van der Waals surface area (Å²) in [7, 11) is 0. The minimum absolute atomic E-state index is 0.141. The molecule has 0 aliphatic heterocycles. The second-order valence-corrected chi connectivity index (χ2v) is 6.40. The molecule has 0 aliphatic carbocycles. The van der Waals surface area contributed by atoms with Gasteiger partial charge in [-0.2, -0.15) is 5.10 Å². The van der Waals surface area contributed by atoms with Crippen molar-refractivity contribution in [3.05, 3.63) is 47.0 Å². The van der Waals surface area contributed by atoms with Crippen molar-refractivity contribution in [3.8, 4) is 0 Å². The first-order valence-corrected chi connectivity index (χ1v) is 7.96. The van der Waals surface area contributed by atoms with E-state index in [1.807, 2.05) is 18.5 Å². The number of thioether (sulfide) groups is 1. The molecular formula is C14H18ClFN4S. The normalized spacial score (nSPS) is 12.9. The molecule has 0 fully saturated rings. The zero-order valence-corrected chi connectivity index (χ0v) is 13.5. The zero-order valence-electron chi connectivity index (χ0n) is 11.9. The molecule has 2 rings (SSSR count). The summed E-state index contributed by atoms with van der Waals surface area (Å²) in [6.45, 7) is 4.07. The maximum absolute atomic E-state index is 12.9. The van der Waals surface area contributed by atoms with Crippen molar-refractivity contribution < 1.29 is 4.39 Å². The van der Waals surface area contributed by atoms with Gasteiger partial charge in [0, 0.05) is 16.7 Å². The smallest absolute Gasteiger partial charge is 0.123 e. The van der Waals surface area contributed by atoms with Gasteiger partial charge >= 0.3 is 0 Å². The summed E-state index contributed by atoms with van der Waals surface area (Å²) < 4.78 is 14.8. The predicted molar refractivity (Wildman–Crippen MR) is 84.8 cm³/mol. The van der Waals surface area contributed by atoms with Crippen molar-refractivity contribution in [2.45, 2.75) is 30.8 Å². The van der Waals surface area contributed by atoms with Gasteiger partial charge in [-0.05, 0) is 38.1 Å². The lowest BCUT2D eigenvalue weighted by atomic mass is 10.2. The molecule has 3 N–H and O–H groups in total. The highest BCUT2D eigenvalue weighted by Crippen LogP contribution is 2.30. The lowest BCUT2D eigenvalue weighted by Crippen LogP contribution is -2.32. The molecule has 1 aromatic heterocycles. The first-order chi connectivity index (χ1) is 10.0. The number of nitrogens with zero attached hydrogens (tertiary/aromatic N) is 2. The molecule has 1 unspecified atom stereocenters. The Kier molecular flexibility index (Phi) is 5.64. The molecule has 0 aliphatic rings. The summed E-state index contributed by atoms with van der Waals surface area (Å²) in [5.74, 6) is 6.09. The van der Waals surface area contributed by atoms with Gasteiger partial charge in [0.2, 0.25) is 0 Å². The minimum atomic E-state index is -0.242. The highest BCUT2D eigenvalue weighted by atomic mass is 35.5. The first-order valence-electron chi connectivity index (χ1n) is 6.60. The van der Waals surface area contributed by atoms with Gasteiger partial charge < -0.3 is 0 Å². The number of halogens is 2. The van der Waals surface area contributed by atoms with Crippen molar-refractivity contribution in [1.29, 1.82) is 0 Å². The van der Waals surface area contributed by atoms with E-state index in [-0.39, 0.29) is 17.9 Å². The molecular weight excluding hydrogens is 311 g/mol. The molecule has 0 radical (unpaired) electrons. The Hall–Kier alpha value is -1.08. The largest absolute Gasteiger partial charge is 0.271 e.